The van der Waals surface area contributed by atoms with Crippen molar-refractivity contribution in [2.45, 2.75) is 0 Å². The van der Waals surface area contributed by atoms with Crippen molar-refractivity contribution in [1.82, 2.24) is 9.78 Å². The monoisotopic (exact) mass is 391 g/mol. The van der Waals surface area contributed by atoms with Crippen LogP contribution in [-0.2, 0) is 0 Å². The molecule has 1 heterocycles. The zero-order chi connectivity index (χ0) is 19.5. The molecule has 28 heavy (non-hydrogen) atoms. The van der Waals surface area contributed by atoms with E-state index in [4.69, 9.17) is 11.6 Å². The number of anilines is 1. The van der Waals surface area contributed by atoms with Crippen LogP contribution in [0.15, 0.2) is 85.1 Å². The number of nitrogens with zero attached hydrogens (tertiary/aromatic N) is 2. The molecule has 0 spiro atoms. The van der Waals surface area contributed by atoms with Gasteiger partial charge < -0.3 is 5.32 Å². The number of rotatable bonds is 4. The lowest BCUT2D eigenvalue weighted by Crippen LogP contribution is -2.12. The van der Waals surface area contributed by atoms with Crippen molar-refractivity contribution in [3.8, 4) is 16.9 Å². The van der Waals surface area contributed by atoms with Crippen molar-refractivity contribution in [1.29, 1.82) is 0 Å². The molecule has 0 radical (unpaired) electrons. The maximum Gasteiger partial charge on any atom is 0.259 e. The minimum atomic E-state index is -0.353. The number of carbonyl (C=O) groups is 1. The van der Waals surface area contributed by atoms with Crippen molar-refractivity contribution in [3.05, 3.63) is 101 Å². The molecule has 0 aliphatic rings. The second-order valence-corrected chi connectivity index (χ2v) is 6.52. The van der Waals surface area contributed by atoms with Gasteiger partial charge in [-0.15, -0.1) is 0 Å². The predicted molar refractivity (Wildman–Crippen MR) is 108 cm³/mol. The number of hydrogen-bond donors (Lipinski definition) is 1. The SMILES string of the molecule is O=C(Nc1ccccc1Cl)c1cn(-c2ccccc2)nc1-c1ccc(F)cc1. The molecule has 6 heteroatoms. The van der Waals surface area contributed by atoms with E-state index in [1.165, 1.54) is 12.1 Å². The maximum absolute atomic E-state index is 13.3. The normalized spacial score (nSPS) is 10.6. The van der Waals surface area contributed by atoms with E-state index in [0.29, 0.717) is 27.5 Å². The van der Waals surface area contributed by atoms with E-state index in [9.17, 15) is 9.18 Å². The average molecular weight is 392 g/mol. The molecule has 1 aromatic heterocycles. The molecule has 0 fully saturated rings. The van der Waals surface area contributed by atoms with E-state index < -0.39 is 0 Å². The molecule has 1 amide bonds. The highest BCUT2D eigenvalue weighted by atomic mass is 35.5. The van der Waals surface area contributed by atoms with Crippen LogP contribution in [0.25, 0.3) is 16.9 Å². The van der Waals surface area contributed by atoms with Crippen molar-refractivity contribution in [3.63, 3.8) is 0 Å². The number of nitrogens with one attached hydrogen (secondary N) is 1. The van der Waals surface area contributed by atoms with E-state index in [-0.39, 0.29) is 11.7 Å². The van der Waals surface area contributed by atoms with E-state index in [1.807, 2.05) is 30.3 Å². The first-order valence-corrected chi connectivity index (χ1v) is 8.96. The summed E-state index contributed by atoms with van der Waals surface area (Å²) in [6.45, 7) is 0. The number of benzene rings is 3. The summed E-state index contributed by atoms with van der Waals surface area (Å²) in [7, 11) is 0. The molecule has 4 rings (SSSR count). The fourth-order valence-electron chi connectivity index (χ4n) is 2.83. The predicted octanol–water partition coefficient (Wildman–Crippen LogP) is 5.58. The number of amides is 1. The van der Waals surface area contributed by atoms with Crippen LogP contribution in [-0.4, -0.2) is 15.7 Å². The highest BCUT2D eigenvalue weighted by Gasteiger charge is 2.19. The highest BCUT2D eigenvalue weighted by Crippen LogP contribution is 2.27. The van der Waals surface area contributed by atoms with E-state index in [0.717, 1.165) is 5.69 Å². The van der Waals surface area contributed by atoms with Crippen LogP contribution < -0.4 is 5.32 Å². The number of para-hydroxylation sites is 2. The largest absolute Gasteiger partial charge is 0.321 e. The number of halogens is 2. The van der Waals surface area contributed by atoms with Crippen LogP contribution in [0.1, 0.15) is 10.4 Å². The Morgan fingerprint density at radius 3 is 2.32 bits per heavy atom. The van der Waals surface area contributed by atoms with E-state index in [2.05, 4.69) is 10.4 Å². The summed E-state index contributed by atoms with van der Waals surface area (Å²) in [6.07, 6.45) is 1.65. The number of hydrogen-bond acceptors (Lipinski definition) is 2. The first-order chi connectivity index (χ1) is 13.6. The lowest BCUT2D eigenvalue weighted by molar-refractivity contribution is 0.102. The fourth-order valence-corrected chi connectivity index (χ4v) is 3.01. The lowest BCUT2D eigenvalue weighted by Gasteiger charge is -2.07. The van der Waals surface area contributed by atoms with Gasteiger partial charge in [-0.2, -0.15) is 5.10 Å². The fraction of sp³-hybridized carbons (Fsp3) is 0. The van der Waals surface area contributed by atoms with Crippen molar-refractivity contribution in [2.75, 3.05) is 5.32 Å². The second-order valence-electron chi connectivity index (χ2n) is 6.11. The van der Waals surface area contributed by atoms with Gasteiger partial charge in [0, 0.05) is 11.8 Å². The van der Waals surface area contributed by atoms with E-state index >= 15 is 0 Å². The first kappa shape index (κ1) is 17.9. The summed E-state index contributed by atoms with van der Waals surface area (Å²) in [4.78, 5) is 13.0. The van der Waals surface area contributed by atoms with Crippen LogP contribution >= 0.6 is 11.6 Å². The maximum atomic E-state index is 13.3. The lowest BCUT2D eigenvalue weighted by atomic mass is 10.1. The van der Waals surface area contributed by atoms with Gasteiger partial charge in [0.25, 0.3) is 5.91 Å². The summed E-state index contributed by atoms with van der Waals surface area (Å²) in [5.41, 5.74) is 2.76. The minimum Gasteiger partial charge on any atom is -0.321 e. The molecule has 0 unspecified atom stereocenters. The summed E-state index contributed by atoms with van der Waals surface area (Å²) in [5.74, 6) is -0.706. The van der Waals surface area contributed by atoms with Gasteiger partial charge in [-0.25, -0.2) is 9.07 Å². The van der Waals surface area contributed by atoms with Gasteiger partial charge in [0.05, 0.1) is 22.0 Å². The number of aromatic nitrogens is 2. The minimum absolute atomic E-state index is 0.352. The highest BCUT2D eigenvalue weighted by molar-refractivity contribution is 6.34. The van der Waals surface area contributed by atoms with Crippen LogP contribution in [0.4, 0.5) is 10.1 Å². The molecule has 1 N–H and O–H groups in total. The summed E-state index contributed by atoms with van der Waals surface area (Å²) >= 11 is 6.15. The Hall–Kier alpha value is -3.44. The Balaban J connectivity index is 1.78. The third kappa shape index (κ3) is 3.66. The van der Waals surface area contributed by atoms with Crippen LogP contribution in [0.5, 0.6) is 0 Å². The second kappa shape index (κ2) is 7.66. The number of carbonyl (C=O) groups excluding carboxylic acids is 1. The molecule has 138 valence electrons. The standard InChI is InChI=1S/C22H15ClFN3O/c23-19-8-4-5-9-20(19)25-22(28)18-14-27(17-6-2-1-3-7-17)26-21(18)15-10-12-16(24)13-11-15/h1-14H,(H,25,28). The Labute approximate surface area is 166 Å². The van der Waals surface area contributed by atoms with Crippen molar-refractivity contribution >= 4 is 23.2 Å². The van der Waals surface area contributed by atoms with Gasteiger partial charge in [0.1, 0.15) is 11.5 Å². The summed E-state index contributed by atoms with van der Waals surface area (Å²) in [5, 5.41) is 7.82. The van der Waals surface area contributed by atoms with Crippen LogP contribution in [0.3, 0.4) is 0 Å². The van der Waals surface area contributed by atoms with Gasteiger partial charge in [0.15, 0.2) is 0 Å². The third-order valence-electron chi connectivity index (χ3n) is 4.22. The van der Waals surface area contributed by atoms with Gasteiger partial charge in [-0.05, 0) is 48.5 Å². The van der Waals surface area contributed by atoms with Crippen LogP contribution in [0, 0.1) is 5.82 Å². The molecule has 0 atom stereocenters. The zero-order valence-electron chi connectivity index (χ0n) is 14.6. The smallest absolute Gasteiger partial charge is 0.259 e. The van der Waals surface area contributed by atoms with Gasteiger partial charge >= 0.3 is 0 Å². The molecular formula is C22H15ClFN3O. The Morgan fingerprint density at radius 1 is 0.929 bits per heavy atom. The van der Waals surface area contributed by atoms with Crippen molar-refractivity contribution < 1.29 is 9.18 Å². The van der Waals surface area contributed by atoms with Crippen molar-refractivity contribution in [2.24, 2.45) is 0 Å². The van der Waals surface area contributed by atoms with Gasteiger partial charge in [-0.1, -0.05) is 41.9 Å². The summed E-state index contributed by atoms with van der Waals surface area (Å²) in [6, 6.07) is 22.3. The van der Waals surface area contributed by atoms with Gasteiger partial charge in [-0.3, -0.25) is 4.79 Å². The average Bonchev–Trinajstić information content (AvgIpc) is 3.16. The molecule has 0 saturated heterocycles. The zero-order valence-corrected chi connectivity index (χ0v) is 15.4. The quantitative estimate of drug-likeness (QED) is 0.493. The molecule has 0 bridgehead atoms. The molecule has 0 saturated carbocycles. The molecule has 4 aromatic rings. The van der Waals surface area contributed by atoms with E-state index in [1.54, 1.807) is 47.3 Å². The molecular weight excluding hydrogens is 377 g/mol. The first-order valence-electron chi connectivity index (χ1n) is 8.59. The Bertz CT molecular complexity index is 1120. The molecule has 0 aliphatic heterocycles. The molecule has 4 nitrogen and oxygen atoms in total. The Morgan fingerprint density at radius 2 is 1.61 bits per heavy atom. The third-order valence-corrected chi connectivity index (χ3v) is 4.55. The topological polar surface area (TPSA) is 46.9 Å². The van der Waals surface area contributed by atoms with Crippen LogP contribution in [0.2, 0.25) is 5.02 Å². The Kier molecular flexibility index (Phi) is 4.91. The van der Waals surface area contributed by atoms with Gasteiger partial charge in [0.2, 0.25) is 0 Å². The molecule has 3 aromatic carbocycles. The summed E-state index contributed by atoms with van der Waals surface area (Å²) < 4.78 is 15.0. The molecule has 0 aliphatic carbocycles.